The van der Waals surface area contributed by atoms with Crippen LogP contribution in [-0.2, 0) is 12.7 Å². The van der Waals surface area contributed by atoms with Crippen LogP contribution in [0.2, 0.25) is 0 Å². The zero-order valence-corrected chi connectivity index (χ0v) is 10.8. The van der Waals surface area contributed by atoms with Gasteiger partial charge in [0.05, 0.1) is 5.56 Å². The first-order valence-corrected chi connectivity index (χ1v) is 6.02. The molecule has 0 aromatic heterocycles. The average Bonchev–Trinajstić information content (AvgIpc) is 2.40. The Morgan fingerprint density at radius 2 is 1.65 bits per heavy atom. The van der Waals surface area contributed by atoms with E-state index in [1.165, 1.54) is 18.2 Å². The Kier molecular flexibility index (Phi) is 3.97. The lowest BCUT2D eigenvalue weighted by molar-refractivity contribution is -0.137. The van der Waals surface area contributed by atoms with E-state index in [0.717, 1.165) is 12.1 Å². The molecule has 0 bridgehead atoms. The molecule has 0 aliphatic rings. The van der Waals surface area contributed by atoms with E-state index in [9.17, 15) is 17.6 Å². The summed E-state index contributed by atoms with van der Waals surface area (Å²) in [5.74, 6) is -0.317. The molecule has 0 unspecified atom stereocenters. The van der Waals surface area contributed by atoms with Crippen LogP contribution in [0.4, 0.5) is 23.2 Å². The van der Waals surface area contributed by atoms with E-state index in [1.807, 2.05) is 0 Å². The zero-order chi connectivity index (χ0) is 14.8. The Labute approximate surface area is 114 Å². The summed E-state index contributed by atoms with van der Waals surface area (Å²) in [6.07, 6.45) is -4.33. The SMILES string of the molecule is Cc1ccc(NCc2ccc(C(F)(F)F)cc2)cc1F. The number of benzene rings is 2. The third kappa shape index (κ3) is 3.50. The van der Waals surface area contributed by atoms with Gasteiger partial charge in [-0.15, -0.1) is 0 Å². The molecule has 1 N–H and O–H groups in total. The van der Waals surface area contributed by atoms with Gasteiger partial charge in [-0.05, 0) is 42.3 Å². The highest BCUT2D eigenvalue weighted by atomic mass is 19.4. The van der Waals surface area contributed by atoms with E-state index >= 15 is 0 Å². The summed E-state index contributed by atoms with van der Waals surface area (Å²) < 4.78 is 50.5. The summed E-state index contributed by atoms with van der Waals surface area (Å²) in [5, 5.41) is 2.97. The highest BCUT2D eigenvalue weighted by Gasteiger charge is 2.29. The van der Waals surface area contributed by atoms with Crippen molar-refractivity contribution in [2.45, 2.75) is 19.6 Å². The topological polar surface area (TPSA) is 12.0 Å². The van der Waals surface area contributed by atoms with Gasteiger partial charge in [-0.2, -0.15) is 13.2 Å². The molecule has 0 saturated heterocycles. The normalized spacial score (nSPS) is 11.4. The fourth-order valence-corrected chi connectivity index (χ4v) is 1.72. The second kappa shape index (κ2) is 5.53. The van der Waals surface area contributed by atoms with E-state index in [0.29, 0.717) is 23.4 Å². The van der Waals surface area contributed by atoms with Crippen LogP contribution in [0, 0.1) is 12.7 Å². The molecule has 2 aromatic carbocycles. The van der Waals surface area contributed by atoms with E-state index in [4.69, 9.17) is 0 Å². The lowest BCUT2D eigenvalue weighted by Gasteiger charge is -2.10. The number of nitrogens with one attached hydrogen (secondary N) is 1. The molecule has 0 heterocycles. The monoisotopic (exact) mass is 283 g/mol. The first-order valence-electron chi connectivity index (χ1n) is 6.02. The number of hydrogen-bond donors (Lipinski definition) is 1. The molecule has 106 valence electrons. The molecule has 0 amide bonds. The van der Waals surface area contributed by atoms with Crippen LogP contribution in [0.1, 0.15) is 16.7 Å². The molecular weight excluding hydrogens is 270 g/mol. The Hall–Kier alpha value is -2.04. The highest BCUT2D eigenvalue weighted by Crippen LogP contribution is 2.29. The second-order valence-corrected chi connectivity index (χ2v) is 4.51. The van der Waals surface area contributed by atoms with E-state index in [-0.39, 0.29) is 5.82 Å². The second-order valence-electron chi connectivity index (χ2n) is 4.51. The van der Waals surface area contributed by atoms with Crippen LogP contribution >= 0.6 is 0 Å². The van der Waals surface area contributed by atoms with Crippen LogP contribution < -0.4 is 5.32 Å². The Morgan fingerprint density at radius 1 is 1.00 bits per heavy atom. The molecular formula is C15H13F4N. The maximum absolute atomic E-state index is 13.3. The van der Waals surface area contributed by atoms with Gasteiger partial charge in [-0.3, -0.25) is 0 Å². The standard InChI is InChI=1S/C15H13F4N/c1-10-2-7-13(8-14(10)16)20-9-11-3-5-12(6-4-11)15(17,18)19/h2-8,20H,9H2,1H3. The summed E-state index contributed by atoms with van der Waals surface area (Å²) in [6.45, 7) is 2.00. The molecule has 0 atom stereocenters. The number of alkyl halides is 3. The lowest BCUT2D eigenvalue weighted by atomic mass is 10.1. The molecule has 0 radical (unpaired) electrons. The van der Waals surface area contributed by atoms with E-state index in [1.54, 1.807) is 19.1 Å². The van der Waals surface area contributed by atoms with Gasteiger partial charge in [0.25, 0.3) is 0 Å². The molecule has 0 aliphatic heterocycles. The minimum absolute atomic E-state index is 0.317. The van der Waals surface area contributed by atoms with Crippen LogP contribution in [-0.4, -0.2) is 0 Å². The van der Waals surface area contributed by atoms with Gasteiger partial charge >= 0.3 is 6.18 Å². The third-order valence-electron chi connectivity index (χ3n) is 2.95. The molecule has 20 heavy (non-hydrogen) atoms. The van der Waals surface area contributed by atoms with E-state index < -0.39 is 11.7 Å². The lowest BCUT2D eigenvalue weighted by Crippen LogP contribution is -2.05. The highest BCUT2D eigenvalue weighted by molar-refractivity contribution is 5.45. The van der Waals surface area contributed by atoms with Gasteiger partial charge in [0.2, 0.25) is 0 Å². The van der Waals surface area contributed by atoms with Crippen molar-refractivity contribution in [3.63, 3.8) is 0 Å². The first kappa shape index (κ1) is 14.4. The predicted molar refractivity (Wildman–Crippen MR) is 69.9 cm³/mol. The molecule has 5 heteroatoms. The average molecular weight is 283 g/mol. The zero-order valence-electron chi connectivity index (χ0n) is 10.8. The smallest absolute Gasteiger partial charge is 0.381 e. The van der Waals surface area contributed by atoms with Gasteiger partial charge in [-0.1, -0.05) is 18.2 Å². The number of hydrogen-bond acceptors (Lipinski definition) is 1. The minimum Gasteiger partial charge on any atom is -0.381 e. The number of anilines is 1. The summed E-state index contributed by atoms with van der Waals surface area (Å²) in [5.41, 5.74) is 1.15. The summed E-state index contributed by atoms with van der Waals surface area (Å²) in [4.78, 5) is 0. The Balaban J connectivity index is 2.02. The van der Waals surface area contributed by atoms with Crippen molar-refractivity contribution < 1.29 is 17.6 Å². The third-order valence-corrected chi connectivity index (χ3v) is 2.95. The van der Waals surface area contributed by atoms with Gasteiger partial charge in [0.1, 0.15) is 5.82 Å². The van der Waals surface area contributed by atoms with Gasteiger partial charge < -0.3 is 5.32 Å². The predicted octanol–water partition coefficient (Wildman–Crippen LogP) is 4.77. The Bertz CT molecular complexity index is 588. The molecule has 0 fully saturated rings. The molecule has 0 aliphatic carbocycles. The molecule has 1 nitrogen and oxygen atoms in total. The minimum atomic E-state index is -4.33. The number of rotatable bonds is 3. The molecule has 2 aromatic rings. The Morgan fingerprint density at radius 3 is 2.20 bits per heavy atom. The summed E-state index contributed by atoms with van der Waals surface area (Å²) in [7, 11) is 0. The van der Waals surface area contributed by atoms with Gasteiger partial charge in [0.15, 0.2) is 0 Å². The molecule has 0 saturated carbocycles. The van der Waals surface area contributed by atoms with Crippen molar-refractivity contribution in [3.8, 4) is 0 Å². The van der Waals surface area contributed by atoms with Crippen molar-refractivity contribution in [2.24, 2.45) is 0 Å². The number of aryl methyl sites for hydroxylation is 1. The van der Waals surface area contributed by atoms with Crippen LogP contribution in [0.25, 0.3) is 0 Å². The van der Waals surface area contributed by atoms with Crippen molar-refractivity contribution in [1.29, 1.82) is 0 Å². The maximum Gasteiger partial charge on any atom is 0.416 e. The largest absolute Gasteiger partial charge is 0.416 e. The van der Waals surface area contributed by atoms with Crippen molar-refractivity contribution in [2.75, 3.05) is 5.32 Å². The first-order chi connectivity index (χ1) is 9.36. The van der Waals surface area contributed by atoms with E-state index in [2.05, 4.69) is 5.32 Å². The quantitative estimate of drug-likeness (QED) is 0.800. The van der Waals surface area contributed by atoms with Crippen LogP contribution in [0.15, 0.2) is 42.5 Å². The van der Waals surface area contributed by atoms with Gasteiger partial charge in [0, 0.05) is 12.2 Å². The van der Waals surface area contributed by atoms with Crippen molar-refractivity contribution in [1.82, 2.24) is 0 Å². The van der Waals surface area contributed by atoms with Crippen LogP contribution in [0.3, 0.4) is 0 Å². The van der Waals surface area contributed by atoms with Crippen molar-refractivity contribution in [3.05, 3.63) is 65.0 Å². The summed E-state index contributed by atoms with van der Waals surface area (Å²) in [6, 6.07) is 9.60. The maximum atomic E-state index is 13.3. The van der Waals surface area contributed by atoms with Crippen molar-refractivity contribution >= 4 is 5.69 Å². The summed E-state index contributed by atoms with van der Waals surface area (Å²) >= 11 is 0. The molecule has 0 spiro atoms. The van der Waals surface area contributed by atoms with Crippen LogP contribution in [0.5, 0.6) is 0 Å². The fourth-order valence-electron chi connectivity index (χ4n) is 1.72. The fraction of sp³-hybridized carbons (Fsp3) is 0.200. The van der Waals surface area contributed by atoms with Gasteiger partial charge in [-0.25, -0.2) is 4.39 Å². The number of halogens is 4. The molecule has 2 rings (SSSR count).